The fraction of sp³-hybridized carbons (Fsp3) is 0.294. The molecule has 0 unspecified atom stereocenters. The van der Waals surface area contributed by atoms with Crippen LogP contribution in [0.1, 0.15) is 29.2 Å². The summed E-state index contributed by atoms with van der Waals surface area (Å²) in [5.41, 5.74) is 1.35. The minimum atomic E-state index is -0.264. The largest absolute Gasteiger partial charge is 0.484 e. The number of ether oxygens (including phenoxy) is 1. The van der Waals surface area contributed by atoms with Gasteiger partial charge in [0.1, 0.15) is 5.75 Å². The highest BCUT2D eigenvalue weighted by molar-refractivity contribution is 7.80. The van der Waals surface area contributed by atoms with Gasteiger partial charge < -0.3 is 15.4 Å². The zero-order valence-electron chi connectivity index (χ0n) is 12.6. The van der Waals surface area contributed by atoms with Crippen molar-refractivity contribution in [3.8, 4) is 5.75 Å². The third kappa shape index (κ3) is 5.04. The van der Waals surface area contributed by atoms with Crippen LogP contribution in [0.2, 0.25) is 0 Å². The molecular weight excluding hydrogens is 328 g/mol. The number of rotatable bonds is 6. The number of thiophene rings is 1. The highest BCUT2D eigenvalue weighted by Crippen LogP contribution is 2.40. The second kappa shape index (κ2) is 7.57. The van der Waals surface area contributed by atoms with E-state index < -0.39 is 0 Å². The number of amides is 1. The molecule has 1 fully saturated rings. The van der Waals surface area contributed by atoms with Crippen molar-refractivity contribution in [2.75, 3.05) is 6.61 Å². The summed E-state index contributed by atoms with van der Waals surface area (Å²) < 4.78 is 5.48. The molecule has 2 aromatic rings. The van der Waals surface area contributed by atoms with Crippen LogP contribution < -0.4 is 15.4 Å². The molecule has 1 heterocycles. The summed E-state index contributed by atoms with van der Waals surface area (Å²) >= 11 is 6.73. The third-order valence-electron chi connectivity index (χ3n) is 3.56. The van der Waals surface area contributed by atoms with Gasteiger partial charge in [-0.2, -0.15) is 0 Å². The molecule has 6 heteroatoms. The maximum atomic E-state index is 11.8. The Labute approximate surface area is 144 Å². The summed E-state index contributed by atoms with van der Waals surface area (Å²) in [6.07, 6.45) is 2.55. The van der Waals surface area contributed by atoms with Crippen molar-refractivity contribution in [1.29, 1.82) is 0 Å². The molecule has 1 aliphatic carbocycles. The monoisotopic (exact) mass is 346 g/mol. The Kier molecular flexibility index (Phi) is 5.25. The van der Waals surface area contributed by atoms with Crippen molar-refractivity contribution in [3.63, 3.8) is 0 Å². The van der Waals surface area contributed by atoms with Crippen LogP contribution >= 0.6 is 23.6 Å². The molecule has 1 aromatic heterocycles. The van der Waals surface area contributed by atoms with Crippen LogP contribution in [0.3, 0.4) is 0 Å². The lowest BCUT2D eigenvalue weighted by Gasteiger charge is -2.10. The molecule has 4 nitrogen and oxygen atoms in total. The van der Waals surface area contributed by atoms with E-state index >= 15 is 0 Å². The number of thiocarbonyl (C=S) groups is 1. The molecule has 1 aliphatic rings. The molecule has 3 rings (SSSR count). The number of hydrogen-bond donors (Lipinski definition) is 2. The molecule has 1 saturated carbocycles. The van der Waals surface area contributed by atoms with Crippen molar-refractivity contribution in [3.05, 3.63) is 52.2 Å². The molecule has 0 saturated heterocycles. The molecule has 0 spiro atoms. The van der Waals surface area contributed by atoms with Gasteiger partial charge in [-0.1, -0.05) is 18.2 Å². The van der Waals surface area contributed by atoms with Crippen molar-refractivity contribution in [1.82, 2.24) is 10.6 Å². The average Bonchev–Trinajstić information content (AvgIpc) is 3.27. The van der Waals surface area contributed by atoms with Gasteiger partial charge in [0.2, 0.25) is 0 Å². The standard InChI is InChI=1S/C17H18N2O2S2/c20-16(19-17(22)18-10-15-2-1-9-23-15)11-21-14-7-5-13(6-8-14)12-3-4-12/h1-2,5-9,12H,3-4,10-11H2,(H2,18,19,20,22). The van der Waals surface area contributed by atoms with Gasteiger partial charge in [0.25, 0.3) is 5.91 Å². The van der Waals surface area contributed by atoms with Crippen LogP contribution in [0.4, 0.5) is 0 Å². The second-order valence-corrected chi connectivity index (χ2v) is 6.88. The molecule has 2 N–H and O–H groups in total. The Balaban J connectivity index is 1.37. The van der Waals surface area contributed by atoms with E-state index in [9.17, 15) is 4.79 Å². The summed E-state index contributed by atoms with van der Waals surface area (Å²) in [5, 5.41) is 7.93. The number of nitrogens with one attached hydrogen (secondary N) is 2. The number of benzene rings is 1. The quantitative estimate of drug-likeness (QED) is 0.789. The second-order valence-electron chi connectivity index (χ2n) is 5.44. The van der Waals surface area contributed by atoms with Gasteiger partial charge in [0.15, 0.2) is 11.7 Å². The molecular formula is C17H18N2O2S2. The Morgan fingerprint density at radius 3 is 2.70 bits per heavy atom. The molecule has 0 radical (unpaired) electrons. The van der Waals surface area contributed by atoms with E-state index in [0.717, 1.165) is 10.8 Å². The van der Waals surface area contributed by atoms with E-state index in [1.54, 1.807) is 11.3 Å². The van der Waals surface area contributed by atoms with Crippen molar-refractivity contribution < 1.29 is 9.53 Å². The van der Waals surface area contributed by atoms with Gasteiger partial charge in [-0.15, -0.1) is 11.3 Å². The van der Waals surface area contributed by atoms with E-state index in [1.165, 1.54) is 18.4 Å². The van der Waals surface area contributed by atoms with Crippen LogP contribution in [0.25, 0.3) is 0 Å². The maximum Gasteiger partial charge on any atom is 0.264 e. The van der Waals surface area contributed by atoms with E-state index in [4.69, 9.17) is 17.0 Å². The van der Waals surface area contributed by atoms with Gasteiger partial charge in [0.05, 0.1) is 6.54 Å². The van der Waals surface area contributed by atoms with Gasteiger partial charge in [-0.05, 0) is 60.1 Å². The Morgan fingerprint density at radius 2 is 2.04 bits per heavy atom. The van der Waals surface area contributed by atoms with Crippen LogP contribution in [-0.2, 0) is 11.3 Å². The first-order valence-electron chi connectivity index (χ1n) is 7.53. The van der Waals surface area contributed by atoms with Crippen LogP contribution in [0.15, 0.2) is 41.8 Å². The lowest BCUT2D eigenvalue weighted by Crippen LogP contribution is -2.41. The first kappa shape index (κ1) is 16.0. The zero-order chi connectivity index (χ0) is 16.1. The lowest BCUT2D eigenvalue weighted by molar-refractivity contribution is -0.121. The average molecular weight is 346 g/mol. The van der Waals surface area contributed by atoms with Gasteiger partial charge in [-0.25, -0.2) is 0 Å². The minimum Gasteiger partial charge on any atom is -0.484 e. The molecule has 0 atom stereocenters. The van der Waals surface area contributed by atoms with Gasteiger partial charge in [-0.3, -0.25) is 4.79 Å². The van der Waals surface area contributed by atoms with Crippen LogP contribution in [0.5, 0.6) is 5.75 Å². The minimum absolute atomic E-state index is 0.0520. The number of carbonyl (C=O) groups excluding carboxylic acids is 1. The molecule has 120 valence electrons. The Morgan fingerprint density at radius 1 is 1.26 bits per heavy atom. The zero-order valence-corrected chi connectivity index (χ0v) is 14.2. The summed E-state index contributed by atoms with van der Waals surface area (Å²) in [6, 6.07) is 11.9. The molecule has 0 bridgehead atoms. The Bertz CT molecular complexity index is 664. The first-order chi connectivity index (χ1) is 11.2. The predicted octanol–water partition coefficient (Wildman–Crippen LogP) is 3.20. The molecule has 23 heavy (non-hydrogen) atoms. The van der Waals surface area contributed by atoms with Crippen LogP contribution in [-0.4, -0.2) is 17.6 Å². The maximum absolute atomic E-state index is 11.8. The van der Waals surface area contributed by atoms with E-state index in [2.05, 4.69) is 22.8 Å². The van der Waals surface area contributed by atoms with E-state index in [0.29, 0.717) is 17.4 Å². The Hall–Kier alpha value is -1.92. The smallest absolute Gasteiger partial charge is 0.264 e. The van der Waals surface area contributed by atoms with Crippen molar-refractivity contribution in [2.24, 2.45) is 0 Å². The van der Waals surface area contributed by atoms with E-state index in [1.807, 2.05) is 29.6 Å². The molecule has 0 aliphatic heterocycles. The summed E-state index contributed by atoms with van der Waals surface area (Å²) in [4.78, 5) is 13.0. The fourth-order valence-corrected chi connectivity index (χ4v) is 3.02. The number of carbonyl (C=O) groups is 1. The summed E-state index contributed by atoms with van der Waals surface area (Å²) in [5.74, 6) is 1.15. The SMILES string of the molecule is O=C(COc1ccc(C2CC2)cc1)NC(=S)NCc1cccs1. The van der Waals surface area contributed by atoms with Crippen LogP contribution in [0, 0.1) is 0 Å². The topological polar surface area (TPSA) is 50.4 Å². The van der Waals surface area contributed by atoms with Gasteiger partial charge in [0, 0.05) is 4.88 Å². The van der Waals surface area contributed by atoms with Crippen molar-refractivity contribution in [2.45, 2.75) is 25.3 Å². The first-order valence-corrected chi connectivity index (χ1v) is 8.82. The third-order valence-corrected chi connectivity index (χ3v) is 4.68. The molecule has 1 amide bonds. The number of hydrogen-bond acceptors (Lipinski definition) is 4. The molecule has 1 aromatic carbocycles. The fourth-order valence-electron chi connectivity index (χ4n) is 2.19. The lowest BCUT2D eigenvalue weighted by atomic mass is 10.1. The summed E-state index contributed by atoms with van der Waals surface area (Å²) in [6.45, 7) is 0.559. The van der Waals surface area contributed by atoms with E-state index in [-0.39, 0.29) is 12.5 Å². The van der Waals surface area contributed by atoms with Crippen molar-refractivity contribution >= 4 is 34.6 Å². The normalized spacial score (nSPS) is 13.4. The van der Waals surface area contributed by atoms with Gasteiger partial charge >= 0.3 is 0 Å². The highest BCUT2D eigenvalue weighted by Gasteiger charge is 2.23. The summed E-state index contributed by atoms with van der Waals surface area (Å²) in [7, 11) is 0. The predicted molar refractivity (Wildman–Crippen MR) is 95.8 cm³/mol. The highest BCUT2D eigenvalue weighted by atomic mass is 32.1.